The summed E-state index contributed by atoms with van der Waals surface area (Å²) in [7, 11) is -3.66. The number of sulfonamides is 1. The maximum Gasteiger partial charge on any atom is 0.245 e. The number of furan rings is 1. The number of hydrogen-bond donors (Lipinski definition) is 3. The molecule has 2 heterocycles. The van der Waals surface area contributed by atoms with E-state index in [1.807, 2.05) is 0 Å². The molecular weight excluding hydrogens is 360 g/mol. The van der Waals surface area contributed by atoms with Crippen LogP contribution in [-0.2, 0) is 23.1 Å². The highest BCUT2D eigenvalue weighted by Crippen LogP contribution is 2.26. The van der Waals surface area contributed by atoms with Gasteiger partial charge in [0.05, 0.1) is 13.1 Å². The summed E-state index contributed by atoms with van der Waals surface area (Å²) in [5.74, 6) is 1.11. The van der Waals surface area contributed by atoms with Gasteiger partial charge in [0, 0.05) is 18.5 Å². The van der Waals surface area contributed by atoms with Gasteiger partial charge in [0.1, 0.15) is 16.5 Å². The first-order chi connectivity index (χ1) is 10.0. The van der Waals surface area contributed by atoms with Crippen molar-refractivity contribution in [2.75, 3.05) is 6.54 Å². The predicted molar refractivity (Wildman–Crippen MR) is 81.0 cm³/mol. The lowest BCUT2D eigenvalue weighted by Gasteiger charge is -2.02. The van der Waals surface area contributed by atoms with Crippen molar-refractivity contribution < 1.29 is 12.8 Å². The Morgan fingerprint density at radius 2 is 2.24 bits per heavy atom. The van der Waals surface area contributed by atoms with Crippen molar-refractivity contribution in [3.8, 4) is 0 Å². The standard InChI is InChI=1S/C12H17BrN4O3S/c1-2-3-14-7-9-6-10(12(13)20-9)21(18,19)17-8-11-15-4-5-16-11/h4-6,14,17H,2-3,7-8H2,1H3,(H,15,16). The van der Waals surface area contributed by atoms with E-state index in [0.717, 1.165) is 13.0 Å². The largest absolute Gasteiger partial charge is 0.452 e. The summed E-state index contributed by atoms with van der Waals surface area (Å²) in [6.45, 7) is 3.48. The fourth-order valence-electron chi connectivity index (χ4n) is 1.69. The summed E-state index contributed by atoms with van der Waals surface area (Å²) >= 11 is 3.14. The third-order valence-corrected chi connectivity index (χ3v) is 4.96. The zero-order valence-electron chi connectivity index (χ0n) is 11.5. The Morgan fingerprint density at radius 3 is 2.90 bits per heavy atom. The summed E-state index contributed by atoms with van der Waals surface area (Å²) < 4.78 is 32.5. The molecular formula is C12H17BrN4O3S. The molecule has 0 aliphatic rings. The van der Waals surface area contributed by atoms with E-state index in [9.17, 15) is 8.42 Å². The second-order valence-corrected chi connectivity index (χ2v) is 6.84. The van der Waals surface area contributed by atoms with Gasteiger partial charge in [-0.2, -0.15) is 0 Å². The molecule has 0 aliphatic carbocycles. The van der Waals surface area contributed by atoms with E-state index in [2.05, 4.69) is 42.9 Å². The molecule has 0 unspecified atom stereocenters. The Bertz CT molecular complexity index is 667. The van der Waals surface area contributed by atoms with Crippen molar-refractivity contribution in [1.82, 2.24) is 20.0 Å². The quantitative estimate of drug-likeness (QED) is 0.609. The summed E-state index contributed by atoms with van der Waals surface area (Å²) in [5, 5.41) is 3.15. The van der Waals surface area contributed by atoms with Crippen molar-refractivity contribution in [2.24, 2.45) is 0 Å². The van der Waals surface area contributed by atoms with Gasteiger partial charge in [-0.05, 0) is 28.9 Å². The van der Waals surface area contributed by atoms with Gasteiger partial charge in [-0.1, -0.05) is 6.92 Å². The number of H-pyrrole nitrogens is 1. The van der Waals surface area contributed by atoms with E-state index in [1.54, 1.807) is 12.4 Å². The van der Waals surface area contributed by atoms with Crippen LogP contribution in [0, 0.1) is 0 Å². The molecule has 0 radical (unpaired) electrons. The Labute approximate surface area is 131 Å². The minimum atomic E-state index is -3.66. The summed E-state index contributed by atoms with van der Waals surface area (Å²) in [6, 6.07) is 1.51. The van der Waals surface area contributed by atoms with Crippen molar-refractivity contribution in [1.29, 1.82) is 0 Å². The first-order valence-corrected chi connectivity index (χ1v) is 8.77. The normalized spacial score (nSPS) is 11.9. The fourth-order valence-corrected chi connectivity index (χ4v) is 3.68. The van der Waals surface area contributed by atoms with Crippen molar-refractivity contribution in [3.05, 3.63) is 34.7 Å². The molecule has 0 aromatic carbocycles. The molecule has 0 bridgehead atoms. The van der Waals surface area contributed by atoms with Gasteiger partial charge >= 0.3 is 0 Å². The molecule has 0 saturated carbocycles. The topological polar surface area (TPSA) is 100 Å². The average Bonchev–Trinajstić information content (AvgIpc) is 3.07. The molecule has 2 aromatic rings. The maximum absolute atomic E-state index is 12.2. The number of nitrogens with one attached hydrogen (secondary N) is 3. The lowest BCUT2D eigenvalue weighted by Crippen LogP contribution is -2.23. The third-order valence-electron chi connectivity index (χ3n) is 2.71. The SMILES string of the molecule is CCCNCc1cc(S(=O)(=O)NCc2ncc[nH]2)c(Br)o1. The van der Waals surface area contributed by atoms with Crippen LogP contribution in [0.3, 0.4) is 0 Å². The molecule has 2 rings (SSSR count). The fraction of sp³-hybridized carbons (Fsp3) is 0.417. The van der Waals surface area contributed by atoms with Crippen LogP contribution in [0.1, 0.15) is 24.9 Å². The maximum atomic E-state index is 12.2. The number of aromatic amines is 1. The monoisotopic (exact) mass is 376 g/mol. The molecule has 0 aliphatic heterocycles. The lowest BCUT2D eigenvalue weighted by atomic mass is 10.4. The molecule has 21 heavy (non-hydrogen) atoms. The van der Waals surface area contributed by atoms with E-state index >= 15 is 0 Å². The van der Waals surface area contributed by atoms with Gasteiger partial charge in [-0.25, -0.2) is 18.1 Å². The van der Waals surface area contributed by atoms with Gasteiger partial charge in [0.15, 0.2) is 4.67 Å². The highest BCUT2D eigenvalue weighted by atomic mass is 79.9. The Morgan fingerprint density at radius 1 is 1.43 bits per heavy atom. The predicted octanol–water partition coefficient (Wildman–Crippen LogP) is 1.74. The average molecular weight is 377 g/mol. The first-order valence-electron chi connectivity index (χ1n) is 6.49. The van der Waals surface area contributed by atoms with Gasteiger partial charge in [-0.3, -0.25) is 0 Å². The zero-order chi connectivity index (χ0) is 15.3. The second-order valence-electron chi connectivity index (χ2n) is 4.39. The number of imidazole rings is 1. The van der Waals surface area contributed by atoms with Gasteiger partial charge in [0.25, 0.3) is 0 Å². The van der Waals surface area contributed by atoms with Crippen LogP contribution in [0.4, 0.5) is 0 Å². The second kappa shape index (κ2) is 7.21. The highest BCUT2D eigenvalue weighted by molar-refractivity contribution is 9.10. The Kier molecular flexibility index (Phi) is 5.57. The summed E-state index contributed by atoms with van der Waals surface area (Å²) in [6.07, 6.45) is 4.20. The van der Waals surface area contributed by atoms with Crippen molar-refractivity contribution in [3.63, 3.8) is 0 Å². The van der Waals surface area contributed by atoms with Crippen LogP contribution in [0.5, 0.6) is 0 Å². The molecule has 0 spiro atoms. The lowest BCUT2D eigenvalue weighted by molar-refractivity contribution is 0.461. The molecule has 7 nitrogen and oxygen atoms in total. The van der Waals surface area contributed by atoms with Gasteiger partial charge in [0.2, 0.25) is 10.0 Å². The molecule has 2 aromatic heterocycles. The molecule has 0 saturated heterocycles. The summed E-state index contributed by atoms with van der Waals surface area (Å²) in [4.78, 5) is 6.88. The number of nitrogens with zero attached hydrogens (tertiary/aromatic N) is 1. The molecule has 0 fully saturated rings. The molecule has 0 amide bonds. The van der Waals surface area contributed by atoms with E-state index in [1.165, 1.54) is 6.07 Å². The zero-order valence-corrected chi connectivity index (χ0v) is 13.9. The van der Waals surface area contributed by atoms with E-state index in [0.29, 0.717) is 18.1 Å². The van der Waals surface area contributed by atoms with Crippen LogP contribution in [0.2, 0.25) is 0 Å². The van der Waals surface area contributed by atoms with E-state index in [4.69, 9.17) is 4.42 Å². The molecule has 3 N–H and O–H groups in total. The van der Waals surface area contributed by atoms with E-state index in [-0.39, 0.29) is 16.1 Å². The van der Waals surface area contributed by atoms with Crippen LogP contribution in [0.15, 0.2) is 32.4 Å². The minimum Gasteiger partial charge on any atom is -0.452 e. The number of rotatable bonds is 8. The number of aromatic nitrogens is 2. The number of halogens is 1. The van der Waals surface area contributed by atoms with Crippen molar-refractivity contribution >= 4 is 26.0 Å². The smallest absolute Gasteiger partial charge is 0.245 e. The third kappa shape index (κ3) is 4.40. The van der Waals surface area contributed by atoms with Gasteiger partial charge in [-0.15, -0.1) is 0 Å². The first kappa shape index (κ1) is 16.2. The Hall–Kier alpha value is -1.16. The Balaban J connectivity index is 2.05. The van der Waals surface area contributed by atoms with Crippen LogP contribution in [0.25, 0.3) is 0 Å². The van der Waals surface area contributed by atoms with Crippen LogP contribution >= 0.6 is 15.9 Å². The highest BCUT2D eigenvalue weighted by Gasteiger charge is 2.22. The molecule has 116 valence electrons. The summed E-state index contributed by atoms with van der Waals surface area (Å²) in [5.41, 5.74) is 0. The van der Waals surface area contributed by atoms with Crippen LogP contribution < -0.4 is 10.0 Å². The molecule has 0 atom stereocenters. The van der Waals surface area contributed by atoms with Crippen LogP contribution in [-0.4, -0.2) is 24.9 Å². The van der Waals surface area contributed by atoms with E-state index < -0.39 is 10.0 Å². The van der Waals surface area contributed by atoms with Crippen molar-refractivity contribution in [2.45, 2.75) is 31.3 Å². The molecule has 9 heteroatoms. The number of hydrogen-bond acceptors (Lipinski definition) is 5. The van der Waals surface area contributed by atoms with Gasteiger partial charge < -0.3 is 14.7 Å². The minimum absolute atomic E-state index is 0.0855.